The van der Waals surface area contributed by atoms with Gasteiger partial charge in [-0.3, -0.25) is 0 Å². The van der Waals surface area contributed by atoms with E-state index in [1.54, 1.807) is 0 Å². The molecule has 0 bridgehead atoms. The van der Waals surface area contributed by atoms with Crippen LogP contribution in [0, 0.1) is 0 Å². The minimum absolute atomic E-state index is 0.481. The van der Waals surface area contributed by atoms with Gasteiger partial charge in [0.25, 0.3) is 0 Å². The van der Waals surface area contributed by atoms with Crippen LogP contribution in [-0.2, 0) is 7.05 Å². The number of imidazole rings is 1. The molecule has 1 atom stereocenters. The lowest BCUT2D eigenvalue weighted by molar-refractivity contribution is 0.478. The Morgan fingerprint density at radius 1 is 1.00 bits per heavy atom. The first kappa shape index (κ1) is 14.5. The Morgan fingerprint density at radius 2 is 1.83 bits per heavy atom. The lowest BCUT2D eigenvalue weighted by Crippen LogP contribution is -2.36. The van der Waals surface area contributed by atoms with Crippen molar-refractivity contribution in [3.63, 3.8) is 0 Å². The summed E-state index contributed by atoms with van der Waals surface area (Å²) in [6.45, 7) is 4.22. The van der Waals surface area contributed by atoms with Gasteiger partial charge in [-0.2, -0.15) is 4.98 Å². The smallest absolute Gasteiger partial charge is 0.227 e. The van der Waals surface area contributed by atoms with Crippen molar-refractivity contribution in [3.05, 3.63) is 30.5 Å². The molecule has 4 heterocycles. The van der Waals surface area contributed by atoms with Crippen molar-refractivity contribution in [2.45, 2.75) is 31.6 Å². The van der Waals surface area contributed by atoms with E-state index >= 15 is 0 Å². The minimum atomic E-state index is 0.481. The van der Waals surface area contributed by atoms with Gasteiger partial charge >= 0.3 is 0 Å². The number of anilines is 2. The molecule has 0 N–H and O–H groups in total. The summed E-state index contributed by atoms with van der Waals surface area (Å²) < 4.78 is 2.14. The second kappa shape index (κ2) is 6.18. The third-order valence-corrected chi connectivity index (χ3v) is 4.99. The fourth-order valence-corrected chi connectivity index (χ4v) is 3.75. The van der Waals surface area contributed by atoms with Crippen LogP contribution in [0.15, 0.2) is 24.7 Å². The highest BCUT2D eigenvalue weighted by Gasteiger charge is 2.25. The monoisotopic (exact) mass is 312 g/mol. The zero-order valence-electron chi connectivity index (χ0n) is 13.7. The summed E-state index contributed by atoms with van der Waals surface area (Å²) >= 11 is 0. The fraction of sp³-hybridized carbons (Fsp3) is 0.588. The van der Waals surface area contributed by atoms with Crippen molar-refractivity contribution in [2.75, 3.05) is 36.0 Å². The van der Waals surface area contributed by atoms with Crippen LogP contribution in [0.5, 0.6) is 0 Å². The number of hydrogen-bond donors (Lipinski definition) is 0. The topological polar surface area (TPSA) is 50.1 Å². The standard InChI is InChI=1S/C17H24N6/c1-21-12-8-18-16(21)14-5-4-11-23(13-14)15-6-7-19-17(20-15)22-9-2-3-10-22/h6-8,12,14H,2-5,9-11,13H2,1H3. The van der Waals surface area contributed by atoms with Crippen molar-refractivity contribution >= 4 is 11.8 Å². The molecule has 0 radical (unpaired) electrons. The minimum Gasteiger partial charge on any atom is -0.356 e. The lowest BCUT2D eigenvalue weighted by atomic mass is 9.97. The first-order valence-corrected chi connectivity index (χ1v) is 8.61. The number of hydrogen-bond acceptors (Lipinski definition) is 5. The van der Waals surface area contributed by atoms with E-state index in [2.05, 4.69) is 31.4 Å². The molecule has 2 aliphatic rings. The van der Waals surface area contributed by atoms with Crippen molar-refractivity contribution in [2.24, 2.45) is 7.05 Å². The van der Waals surface area contributed by atoms with E-state index in [1.807, 2.05) is 24.7 Å². The molecule has 1 unspecified atom stereocenters. The summed E-state index contributed by atoms with van der Waals surface area (Å²) in [5.41, 5.74) is 0. The van der Waals surface area contributed by atoms with Crippen LogP contribution in [0.4, 0.5) is 11.8 Å². The first-order valence-electron chi connectivity index (χ1n) is 8.61. The van der Waals surface area contributed by atoms with Gasteiger partial charge in [-0.05, 0) is 31.7 Å². The van der Waals surface area contributed by atoms with Crippen LogP contribution in [0.2, 0.25) is 0 Å². The Hall–Kier alpha value is -2.11. The lowest BCUT2D eigenvalue weighted by Gasteiger charge is -2.33. The van der Waals surface area contributed by atoms with Crippen LogP contribution < -0.4 is 9.80 Å². The average molecular weight is 312 g/mol. The van der Waals surface area contributed by atoms with Gasteiger partial charge in [0, 0.05) is 57.7 Å². The predicted octanol–water partition coefficient (Wildman–Crippen LogP) is 2.19. The van der Waals surface area contributed by atoms with Crippen LogP contribution in [0.25, 0.3) is 0 Å². The quantitative estimate of drug-likeness (QED) is 0.869. The summed E-state index contributed by atoms with van der Waals surface area (Å²) in [6.07, 6.45) is 10.7. The maximum absolute atomic E-state index is 4.83. The SMILES string of the molecule is Cn1ccnc1C1CCCN(c2ccnc(N3CCCC3)n2)C1. The summed E-state index contributed by atoms with van der Waals surface area (Å²) in [7, 11) is 2.08. The Morgan fingerprint density at radius 3 is 2.61 bits per heavy atom. The molecule has 6 nitrogen and oxygen atoms in total. The van der Waals surface area contributed by atoms with E-state index in [1.165, 1.54) is 31.5 Å². The molecule has 0 amide bonds. The fourth-order valence-electron chi connectivity index (χ4n) is 3.75. The van der Waals surface area contributed by atoms with E-state index in [9.17, 15) is 0 Å². The zero-order chi connectivity index (χ0) is 15.6. The van der Waals surface area contributed by atoms with Gasteiger partial charge in [0.2, 0.25) is 5.95 Å². The van der Waals surface area contributed by atoms with E-state index in [4.69, 9.17) is 4.98 Å². The van der Waals surface area contributed by atoms with Crippen molar-refractivity contribution in [1.82, 2.24) is 19.5 Å². The molecular formula is C17H24N6. The van der Waals surface area contributed by atoms with Crippen molar-refractivity contribution in [1.29, 1.82) is 0 Å². The van der Waals surface area contributed by atoms with E-state index in [0.29, 0.717) is 5.92 Å². The van der Waals surface area contributed by atoms with Crippen molar-refractivity contribution in [3.8, 4) is 0 Å². The summed E-state index contributed by atoms with van der Waals surface area (Å²) in [5.74, 6) is 3.61. The van der Waals surface area contributed by atoms with Crippen molar-refractivity contribution < 1.29 is 0 Å². The molecule has 6 heteroatoms. The molecule has 122 valence electrons. The maximum Gasteiger partial charge on any atom is 0.227 e. The van der Waals surface area contributed by atoms with E-state index in [-0.39, 0.29) is 0 Å². The third kappa shape index (κ3) is 2.90. The molecule has 0 spiro atoms. The molecule has 2 saturated heterocycles. The number of aromatic nitrogens is 4. The molecular weight excluding hydrogens is 288 g/mol. The summed E-state index contributed by atoms with van der Waals surface area (Å²) in [6, 6.07) is 2.04. The second-order valence-corrected chi connectivity index (χ2v) is 6.59. The highest BCUT2D eigenvalue weighted by Crippen LogP contribution is 2.28. The number of rotatable bonds is 3. The molecule has 0 saturated carbocycles. The highest BCUT2D eigenvalue weighted by molar-refractivity contribution is 5.45. The van der Waals surface area contributed by atoms with Gasteiger partial charge in [-0.15, -0.1) is 0 Å². The number of piperidine rings is 1. The second-order valence-electron chi connectivity index (χ2n) is 6.59. The van der Waals surface area contributed by atoms with Gasteiger partial charge in [0.1, 0.15) is 11.6 Å². The Bertz CT molecular complexity index is 661. The molecule has 0 aliphatic carbocycles. The molecule has 4 rings (SSSR count). The number of nitrogens with zero attached hydrogens (tertiary/aromatic N) is 6. The van der Waals surface area contributed by atoms with Crippen LogP contribution in [-0.4, -0.2) is 45.7 Å². The zero-order valence-corrected chi connectivity index (χ0v) is 13.7. The Balaban J connectivity index is 1.53. The van der Waals surface area contributed by atoms with E-state index in [0.717, 1.165) is 37.9 Å². The Labute approximate surface area is 137 Å². The third-order valence-electron chi connectivity index (χ3n) is 4.99. The van der Waals surface area contributed by atoms with Gasteiger partial charge in [-0.25, -0.2) is 9.97 Å². The molecule has 2 aliphatic heterocycles. The molecule has 0 aromatic carbocycles. The maximum atomic E-state index is 4.83. The molecule has 23 heavy (non-hydrogen) atoms. The molecule has 2 fully saturated rings. The van der Waals surface area contributed by atoms with Crippen LogP contribution >= 0.6 is 0 Å². The van der Waals surface area contributed by atoms with Gasteiger partial charge in [0.15, 0.2) is 0 Å². The Kier molecular flexibility index (Phi) is 3.89. The normalized spacial score (nSPS) is 21.9. The average Bonchev–Trinajstić information content (AvgIpc) is 3.27. The summed E-state index contributed by atoms with van der Waals surface area (Å²) in [4.78, 5) is 18.5. The van der Waals surface area contributed by atoms with Gasteiger partial charge in [-0.1, -0.05) is 0 Å². The van der Waals surface area contributed by atoms with E-state index < -0.39 is 0 Å². The predicted molar refractivity (Wildman–Crippen MR) is 90.9 cm³/mol. The van der Waals surface area contributed by atoms with Gasteiger partial charge < -0.3 is 14.4 Å². The van der Waals surface area contributed by atoms with Gasteiger partial charge in [0.05, 0.1) is 0 Å². The van der Waals surface area contributed by atoms with Crippen LogP contribution in [0.3, 0.4) is 0 Å². The molecule has 2 aromatic rings. The summed E-state index contributed by atoms with van der Waals surface area (Å²) in [5, 5.41) is 0. The molecule has 2 aromatic heterocycles. The largest absolute Gasteiger partial charge is 0.356 e. The first-order chi connectivity index (χ1) is 11.3. The number of aryl methyl sites for hydroxylation is 1. The highest BCUT2D eigenvalue weighted by atomic mass is 15.3. The van der Waals surface area contributed by atoms with Crippen LogP contribution in [0.1, 0.15) is 37.4 Å².